The van der Waals surface area contributed by atoms with Crippen LogP contribution in [0.5, 0.6) is 0 Å². The van der Waals surface area contributed by atoms with Crippen molar-refractivity contribution in [3.8, 4) is 0 Å². The average molecular weight is 113 g/mol. The van der Waals surface area contributed by atoms with Crippen molar-refractivity contribution in [1.29, 1.82) is 0 Å². The van der Waals surface area contributed by atoms with Gasteiger partial charge in [0.25, 0.3) is 0 Å². The monoisotopic (exact) mass is 113 g/mol. The van der Waals surface area contributed by atoms with E-state index in [1.165, 1.54) is 12.8 Å². The molecule has 0 radical (unpaired) electrons. The summed E-state index contributed by atoms with van der Waals surface area (Å²) in [5.41, 5.74) is 5.52. The van der Waals surface area contributed by atoms with E-state index in [1.54, 1.807) is 0 Å². The standard InChI is InChI=1S/C6H11NO/c7-5-3-6(5)8-4-1-2-4/h4-6H,1-3,7H2. The Bertz CT molecular complexity index is 101. The first-order chi connectivity index (χ1) is 3.86. The van der Waals surface area contributed by atoms with Gasteiger partial charge in [-0.3, -0.25) is 0 Å². The molecular formula is C6H11NO. The van der Waals surface area contributed by atoms with Crippen LogP contribution in [-0.4, -0.2) is 18.2 Å². The lowest BCUT2D eigenvalue weighted by atomic mass is 10.7. The van der Waals surface area contributed by atoms with Crippen LogP contribution in [0.2, 0.25) is 0 Å². The minimum atomic E-state index is 0.371. The molecule has 2 nitrogen and oxygen atoms in total. The van der Waals surface area contributed by atoms with Crippen LogP contribution in [0, 0.1) is 0 Å². The van der Waals surface area contributed by atoms with Gasteiger partial charge in [-0.15, -0.1) is 0 Å². The summed E-state index contributed by atoms with van der Waals surface area (Å²) in [7, 11) is 0. The molecule has 0 saturated heterocycles. The maximum absolute atomic E-state index is 5.52. The zero-order chi connectivity index (χ0) is 5.56. The Balaban J connectivity index is 1.69. The van der Waals surface area contributed by atoms with Crippen molar-refractivity contribution in [3.05, 3.63) is 0 Å². The normalized spacial score (nSPS) is 44.6. The number of ether oxygens (including phenoxy) is 1. The molecule has 0 amide bonds. The second kappa shape index (κ2) is 1.45. The van der Waals surface area contributed by atoms with E-state index in [-0.39, 0.29) is 0 Å². The van der Waals surface area contributed by atoms with Crippen LogP contribution in [0.1, 0.15) is 19.3 Å². The van der Waals surface area contributed by atoms with E-state index < -0.39 is 0 Å². The SMILES string of the molecule is NC1CC1OC1CC1. The van der Waals surface area contributed by atoms with Gasteiger partial charge in [-0.05, 0) is 19.3 Å². The molecule has 2 N–H and O–H groups in total. The van der Waals surface area contributed by atoms with Crippen molar-refractivity contribution < 1.29 is 4.74 Å². The first-order valence-corrected chi connectivity index (χ1v) is 3.27. The van der Waals surface area contributed by atoms with Gasteiger partial charge in [0.15, 0.2) is 0 Å². The molecule has 0 aliphatic heterocycles. The highest BCUT2D eigenvalue weighted by molar-refractivity contribution is 4.94. The van der Waals surface area contributed by atoms with Gasteiger partial charge in [0.2, 0.25) is 0 Å². The molecule has 2 aliphatic rings. The van der Waals surface area contributed by atoms with Gasteiger partial charge in [0.05, 0.1) is 12.2 Å². The smallest absolute Gasteiger partial charge is 0.0746 e. The predicted octanol–water partition coefficient (Wildman–Crippen LogP) is 0.265. The molecule has 2 rings (SSSR count). The molecule has 2 unspecified atom stereocenters. The van der Waals surface area contributed by atoms with Crippen LogP contribution in [-0.2, 0) is 4.74 Å². The summed E-state index contributed by atoms with van der Waals surface area (Å²) in [5.74, 6) is 0. The number of nitrogens with two attached hydrogens (primary N) is 1. The zero-order valence-corrected chi connectivity index (χ0v) is 4.84. The summed E-state index contributed by atoms with van der Waals surface area (Å²) in [6.45, 7) is 0. The fraction of sp³-hybridized carbons (Fsp3) is 1.00. The number of hydrogen-bond acceptors (Lipinski definition) is 2. The van der Waals surface area contributed by atoms with Crippen LogP contribution >= 0.6 is 0 Å². The highest BCUT2D eigenvalue weighted by atomic mass is 16.5. The van der Waals surface area contributed by atoms with Crippen molar-refractivity contribution in [2.24, 2.45) is 5.73 Å². The Labute approximate surface area is 49.0 Å². The molecule has 46 valence electrons. The van der Waals surface area contributed by atoms with Gasteiger partial charge in [-0.25, -0.2) is 0 Å². The Morgan fingerprint density at radius 1 is 1.38 bits per heavy atom. The lowest BCUT2D eigenvalue weighted by Gasteiger charge is -1.94. The predicted molar refractivity (Wildman–Crippen MR) is 30.5 cm³/mol. The van der Waals surface area contributed by atoms with E-state index in [4.69, 9.17) is 10.5 Å². The van der Waals surface area contributed by atoms with E-state index >= 15 is 0 Å². The number of rotatable bonds is 2. The highest BCUT2D eigenvalue weighted by Crippen LogP contribution is 2.32. The molecule has 2 atom stereocenters. The summed E-state index contributed by atoms with van der Waals surface area (Å²) < 4.78 is 5.46. The second-order valence-electron chi connectivity index (χ2n) is 2.77. The second-order valence-corrected chi connectivity index (χ2v) is 2.77. The van der Waals surface area contributed by atoms with E-state index in [9.17, 15) is 0 Å². The molecule has 0 heterocycles. The van der Waals surface area contributed by atoms with Crippen molar-refractivity contribution in [2.45, 2.75) is 37.5 Å². The largest absolute Gasteiger partial charge is 0.373 e. The molecule has 0 bridgehead atoms. The Hall–Kier alpha value is -0.0800. The molecule has 2 saturated carbocycles. The molecule has 2 aliphatic carbocycles. The van der Waals surface area contributed by atoms with Crippen molar-refractivity contribution in [3.63, 3.8) is 0 Å². The summed E-state index contributed by atoms with van der Waals surface area (Å²) in [5, 5.41) is 0. The van der Waals surface area contributed by atoms with Gasteiger partial charge in [-0.1, -0.05) is 0 Å². The Morgan fingerprint density at radius 3 is 2.38 bits per heavy atom. The van der Waals surface area contributed by atoms with Crippen LogP contribution in [0.4, 0.5) is 0 Å². The zero-order valence-electron chi connectivity index (χ0n) is 4.84. The van der Waals surface area contributed by atoms with E-state index in [0.717, 1.165) is 6.42 Å². The summed E-state index contributed by atoms with van der Waals surface area (Å²) in [6.07, 6.45) is 4.65. The fourth-order valence-electron chi connectivity index (χ4n) is 0.797. The Kier molecular flexibility index (Phi) is 0.866. The number of hydrogen-bond donors (Lipinski definition) is 1. The molecule has 8 heavy (non-hydrogen) atoms. The van der Waals surface area contributed by atoms with Gasteiger partial charge < -0.3 is 10.5 Å². The van der Waals surface area contributed by atoms with E-state index in [0.29, 0.717) is 18.2 Å². The minimum Gasteiger partial charge on any atom is -0.373 e. The van der Waals surface area contributed by atoms with Crippen LogP contribution < -0.4 is 5.73 Å². The third kappa shape index (κ3) is 0.858. The van der Waals surface area contributed by atoms with Crippen molar-refractivity contribution in [1.82, 2.24) is 0 Å². The minimum absolute atomic E-state index is 0.371. The lowest BCUT2D eigenvalue weighted by Crippen LogP contribution is -2.08. The quantitative estimate of drug-likeness (QED) is 0.557. The fourth-order valence-corrected chi connectivity index (χ4v) is 0.797. The first kappa shape index (κ1) is 4.77. The van der Waals surface area contributed by atoms with Gasteiger partial charge in [0, 0.05) is 6.04 Å². The summed E-state index contributed by atoms with van der Waals surface area (Å²) >= 11 is 0. The van der Waals surface area contributed by atoms with Crippen LogP contribution in [0.15, 0.2) is 0 Å². The third-order valence-corrected chi connectivity index (χ3v) is 1.67. The average Bonchev–Trinajstić information content (AvgIpc) is 2.52. The molecule has 0 aromatic heterocycles. The molecule has 0 aromatic carbocycles. The molecule has 2 heteroatoms. The molecule has 2 fully saturated rings. The van der Waals surface area contributed by atoms with Crippen LogP contribution in [0.25, 0.3) is 0 Å². The maximum Gasteiger partial charge on any atom is 0.0746 e. The molecular weight excluding hydrogens is 102 g/mol. The van der Waals surface area contributed by atoms with Crippen molar-refractivity contribution >= 4 is 0 Å². The van der Waals surface area contributed by atoms with E-state index in [1.807, 2.05) is 0 Å². The highest BCUT2D eigenvalue weighted by Gasteiger charge is 2.39. The Morgan fingerprint density at radius 2 is 2.00 bits per heavy atom. The van der Waals surface area contributed by atoms with Crippen molar-refractivity contribution in [2.75, 3.05) is 0 Å². The molecule has 0 aromatic rings. The first-order valence-electron chi connectivity index (χ1n) is 3.27. The lowest BCUT2D eigenvalue weighted by molar-refractivity contribution is 0.101. The summed E-state index contributed by atoms with van der Waals surface area (Å²) in [4.78, 5) is 0. The van der Waals surface area contributed by atoms with Gasteiger partial charge >= 0.3 is 0 Å². The maximum atomic E-state index is 5.52. The molecule has 0 spiro atoms. The van der Waals surface area contributed by atoms with E-state index in [2.05, 4.69) is 0 Å². The van der Waals surface area contributed by atoms with Gasteiger partial charge in [-0.2, -0.15) is 0 Å². The third-order valence-electron chi connectivity index (χ3n) is 1.67. The van der Waals surface area contributed by atoms with Crippen LogP contribution in [0.3, 0.4) is 0 Å². The van der Waals surface area contributed by atoms with Gasteiger partial charge in [0.1, 0.15) is 0 Å². The summed E-state index contributed by atoms with van der Waals surface area (Å²) in [6, 6.07) is 0.371. The topological polar surface area (TPSA) is 35.2 Å².